The molecule has 2 atom stereocenters. The summed E-state index contributed by atoms with van der Waals surface area (Å²) in [6.45, 7) is 5.29. The van der Waals surface area contributed by atoms with E-state index in [1.165, 1.54) is 6.42 Å². The molecule has 2 unspecified atom stereocenters. The highest BCUT2D eigenvalue weighted by atomic mass is 16.3. The summed E-state index contributed by atoms with van der Waals surface area (Å²) < 4.78 is 0. The zero-order chi connectivity index (χ0) is 10.2. The number of aliphatic hydroxyl groups is 1. The van der Waals surface area contributed by atoms with Crippen LogP contribution in [0.25, 0.3) is 0 Å². The number of rotatable bonds is 1. The molecule has 0 amide bonds. The van der Waals surface area contributed by atoms with Crippen molar-refractivity contribution >= 4 is 0 Å². The molecule has 0 spiro atoms. The molecule has 2 heteroatoms. The molecular formula is C12H21NO. The molecule has 0 aromatic carbocycles. The summed E-state index contributed by atoms with van der Waals surface area (Å²) in [5, 5.41) is 14.1. The lowest BCUT2D eigenvalue weighted by atomic mass is 9.62. The van der Waals surface area contributed by atoms with Crippen LogP contribution in [0.1, 0.15) is 39.5 Å². The first-order chi connectivity index (χ1) is 6.56. The fraction of sp³-hybridized carbons (Fsp3) is 0.833. The first-order valence-corrected chi connectivity index (χ1v) is 5.69. The van der Waals surface area contributed by atoms with Gasteiger partial charge in [0.1, 0.15) is 0 Å². The van der Waals surface area contributed by atoms with E-state index in [1.54, 1.807) is 0 Å². The summed E-state index contributed by atoms with van der Waals surface area (Å²) in [5.74, 6) is 0. The summed E-state index contributed by atoms with van der Waals surface area (Å²) >= 11 is 0. The Balaban J connectivity index is 2.22. The van der Waals surface area contributed by atoms with E-state index in [4.69, 9.17) is 0 Å². The van der Waals surface area contributed by atoms with E-state index in [0.29, 0.717) is 0 Å². The maximum absolute atomic E-state index is 10.8. The Kier molecular flexibility index (Phi) is 2.44. The van der Waals surface area contributed by atoms with Crippen molar-refractivity contribution in [3.8, 4) is 0 Å². The minimum atomic E-state index is -0.543. The summed E-state index contributed by atoms with van der Waals surface area (Å²) in [4.78, 5) is 0. The highest BCUT2D eigenvalue weighted by Gasteiger charge is 2.49. The lowest BCUT2D eigenvalue weighted by Gasteiger charge is -2.49. The predicted octanol–water partition coefficient (Wildman–Crippen LogP) is 1.85. The zero-order valence-electron chi connectivity index (χ0n) is 9.21. The van der Waals surface area contributed by atoms with Gasteiger partial charge in [-0.15, -0.1) is 0 Å². The third-order valence-electron chi connectivity index (χ3n) is 4.08. The van der Waals surface area contributed by atoms with Gasteiger partial charge in [0.2, 0.25) is 0 Å². The monoisotopic (exact) mass is 195 g/mol. The van der Waals surface area contributed by atoms with Crippen LogP contribution in [0.15, 0.2) is 12.2 Å². The third-order valence-corrected chi connectivity index (χ3v) is 4.08. The van der Waals surface area contributed by atoms with Crippen LogP contribution < -0.4 is 5.32 Å². The highest BCUT2D eigenvalue weighted by molar-refractivity contribution is 5.15. The van der Waals surface area contributed by atoms with E-state index in [9.17, 15) is 5.11 Å². The predicted molar refractivity (Wildman–Crippen MR) is 58.1 cm³/mol. The Morgan fingerprint density at radius 2 is 2.00 bits per heavy atom. The zero-order valence-corrected chi connectivity index (χ0v) is 9.21. The Hall–Kier alpha value is -0.340. The molecule has 0 aromatic rings. The molecule has 80 valence electrons. The molecule has 2 rings (SSSR count). The average Bonchev–Trinajstić information content (AvgIpc) is 2.63. The Morgan fingerprint density at radius 3 is 2.57 bits per heavy atom. The maximum Gasteiger partial charge on any atom is 0.0886 e. The first-order valence-electron chi connectivity index (χ1n) is 5.69. The number of hydrogen-bond acceptors (Lipinski definition) is 2. The molecule has 1 saturated carbocycles. The van der Waals surface area contributed by atoms with Crippen LogP contribution in [0.5, 0.6) is 0 Å². The number of hydrogen-bond donors (Lipinski definition) is 2. The molecular weight excluding hydrogens is 174 g/mol. The maximum atomic E-state index is 10.8. The normalized spacial score (nSPS) is 41.5. The fourth-order valence-corrected chi connectivity index (χ4v) is 2.89. The second-order valence-electron chi connectivity index (χ2n) is 5.33. The largest absolute Gasteiger partial charge is 0.387 e. The van der Waals surface area contributed by atoms with Gasteiger partial charge in [-0.3, -0.25) is 0 Å². The first kappa shape index (κ1) is 10.2. The van der Waals surface area contributed by atoms with Gasteiger partial charge in [0.15, 0.2) is 0 Å². The molecule has 1 aliphatic carbocycles. The molecule has 0 bridgehead atoms. The van der Waals surface area contributed by atoms with Gasteiger partial charge in [-0.05, 0) is 18.3 Å². The van der Waals surface area contributed by atoms with Crippen molar-refractivity contribution in [1.29, 1.82) is 0 Å². The van der Waals surface area contributed by atoms with Crippen LogP contribution >= 0.6 is 0 Å². The van der Waals surface area contributed by atoms with Gasteiger partial charge in [-0.1, -0.05) is 38.8 Å². The van der Waals surface area contributed by atoms with Gasteiger partial charge in [0.05, 0.1) is 11.6 Å². The second kappa shape index (κ2) is 3.35. The molecule has 2 nitrogen and oxygen atoms in total. The van der Waals surface area contributed by atoms with Crippen LogP contribution in [0, 0.1) is 5.41 Å². The molecule has 14 heavy (non-hydrogen) atoms. The van der Waals surface area contributed by atoms with E-state index in [1.807, 2.05) is 0 Å². The van der Waals surface area contributed by atoms with E-state index in [0.717, 1.165) is 25.8 Å². The van der Waals surface area contributed by atoms with E-state index in [2.05, 4.69) is 31.3 Å². The lowest BCUT2D eigenvalue weighted by Crippen LogP contribution is -2.58. The quantitative estimate of drug-likeness (QED) is 0.626. The molecule has 1 aliphatic heterocycles. The van der Waals surface area contributed by atoms with E-state index in [-0.39, 0.29) is 11.5 Å². The summed E-state index contributed by atoms with van der Waals surface area (Å²) in [7, 11) is 0. The molecule has 0 radical (unpaired) electrons. The van der Waals surface area contributed by atoms with E-state index >= 15 is 0 Å². The third kappa shape index (κ3) is 1.41. The van der Waals surface area contributed by atoms with Gasteiger partial charge < -0.3 is 10.4 Å². The Morgan fingerprint density at radius 1 is 1.29 bits per heavy atom. The molecule has 1 heterocycles. The molecule has 0 saturated heterocycles. The average molecular weight is 195 g/mol. The van der Waals surface area contributed by atoms with Gasteiger partial charge in [-0.2, -0.15) is 0 Å². The van der Waals surface area contributed by atoms with Crippen LogP contribution in [-0.4, -0.2) is 23.3 Å². The highest BCUT2D eigenvalue weighted by Crippen LogP contribution is 2.46. The summed E-state index contributed by atoms with van der Waals surface area (Å²) in [6.07, 6.45) is 8.73. The minimum Gasteiger partial charge on any atom is -0.387 e. The smallest absolute Gasteiger partial charge is 0.0886 e. The standard InChI is InChI=1S/C12H21NO/c1-11(2)7-3-4-8-12(11,14)10-6-5-9-13-10/h5-6,10,13-14H,3-4,7-9H2,1-2H3. The summed E-state index contributed by atoms with van der Waals surface area (Å²) in [5.41, 5.74) is -0.504. The van der Waals surface area contributed by atoms with Crippen molar-refractivity contribution < 1.29 is 5.11 Å². The van der Waals surface area contributed by atoms with Gasteiger partial charge in [-0.25, -0.2) is 0 Å². The van der Waals surface area contributed by atoms with Crippen molar-refractivity contribution in [2.24, 2.45) is 5.41 Å². The minimum absolute atomic E-state index is 0.0393. The van der Waals surface area contributed by atoms with Crippen molar-refractivity contribution in [2.75, 3.05) is 6.54 Å². The Labute approximate surface area is 86.4 Å². The SMILES string of the molecule is CC1(C)CCCCC1(O)C1C=CCN1. The second-order valence-corrected chi connectivity index (χ2v) is 5.33. The van der Waals surface area contributed by atoms with Crippen LogP contribution in [-0.2, 0) is 0 Å². The van der Waals surface area contributed by atoms with Crippen molar-refractivity contribution in [1.82, 2.24) is 5.32 Å². The van der Waals surface area contributed by atoms with Crippen molar-refractivity contribution in [2.45, 2.75) is 51.2 Å². The van der Waals surface area contributed by atoms with Crippen molar-refractivity contribution in [3.05, 3.63) is 12.2 Å². The fourth-order valence-electron chi connectivity index (χ4n) is 2.89. The lowest BCUT2D eigenvalue weighted by molar-refractivity contribution is -0.109. The molecule has 1 fully saturated rings. The van der Waals surface area contributed by atoms with Crippen LogP contribution in [0.3, 0.4) is 0 Å². The van der Waals surface area contributed by atoms with Crippen molar-refractivity contribution in [3.63, 3.8) is 0 Å². The van der Waals surface area contributed by atoms with Gasteiger partial charge in [0, 0.05) is 6.54 Å². The van der Waals surface area contributed by atoms with E-state index < -0.39 is 5.60 Å². The van der Waals surface area contributed by atoms with Crippen LogP contribution in [0.4, 0.5) is 0 Å². The molecule has 2 aliphatic rings. The number of nitrogens with one attached hydrogen (secondary N) is 1. The molecule has 2 N–H and O–H groups in total. The topological polar surface area (TPSA) is 32.3 Å². The van der Waals surface area contributed by atoms with Crippen LogP contribution in [0.2, 0.25) is 0 Å². The Bertz CT molecular complexity index is 247. The molecule has 0 aromatic heterocycles. The van der Waals surface area contributed by atoms with Gasteiger partial charge >= 0.3 is 0 Å². The van der Waals surface area contributed by atoms with Gasteiger partial charge in [0.25, 0.3) is 0 Å². The summed E-state index contributed by atoms with van der Waals surface area (Å²) in [6, 6.07) is 0.165.